The summed E-state index contributed by atoms with van der Waals surface area (Å²) in [7, 11) is 0. The Balaban J connectivity index is 3.12. The van der Waals surface area contributed by atoms with Crippen molar-refractivity contribution in [2.75, 3.05) is 6.54 Å². The maximum absolute atomic E-state index is 5.19. The molecule has 0 amide bonds. The van der Waals surface area contributed by atoms with Crippen LogP contribution in [0.25, 0.3) is 0 Å². The molecule has 1 N–H and O–H groups in total. The van der Waals surface area contributed by atoms with Gasteiger partial charge in [-0.05, 0) is 32.7 Å². The van der Waals surface area contributed by atoms with E-state index in [9.17, 15) is 0 Å². The fourth-order valence-corrected chi connectivity index (χ4v) is 1.68. The Morgan fingerprint density at radius 3 is 2.60 bits per heavy atom. The Labute approximate surface area is 96.0 Å². The lowest BCUT2D eigenvalue weighted by Gasteiger charge is -2.13. The van der Waals surface area contributed by atoms with Gasteiger partial charge < -0.3 is 5.32 Å². The van der Waals surface area contributed by atoms with Gasteiger partial charge in [-0.1, -0.05) is 32.6 Å². The summed E-state index contributed by atoms with van der Waals surface area (Å²) in [5.74, 6) is 2.68. The van der Waals surface area contributed by atoms with Gasteiger partial charge in [-0.3, -0.25) is 0 Å². The van der Waals surface area contributed by atoms with Gasteiger partial charge in [-0.25, -0.2) is 0 Å². The van der Waals surface area contributed by atoms with Crippen molar-refractivity contribution in [1.29, 1.82) is 0 Å². The third kappa shape index (κ3) is 11.4. The second-order valence-electron chi connectivity index (χ2n) is 4.37. The molecule has 0 aliphatic rings. The molecule has 1 atom stereocenters. The van der Waals surface area contributed by atoms with E-state index in [2.05, 4.69) is 25.1 Å². The first kappa shape index (κ1) is 14.5. The predicted octanol–water partition coefficient (Wildman–Crippen LogP) is 3.74. The third-order valence-electron chi connectivity index (χ3n) is 2.73. The van der Waals surface area contributed by atoms with Crippen LogP contribution in [0.2, 0.25) is 0 Å². The Morgan fingerprint density at radius 1 is 1.13 bits per heavy atom. The number of rotatable bonds is 10. The largest absolute Gasteiger partial charge is 0.314 e. The molecule has 1 heteroatoms. The number of hydrogen-bond acceptors (Lipinski definition) is 1. The Bertz CT molecular complexity index is 157. The van der Waals surface area contributed by atoms with E-state index in [0.717, 1.165) is 19.4 Å². The zero-order chi connectivity index (χ0) is 11.4. The van der Waals surface area contributed by atoms with Crippen molar-refractivity contribution in [3.8, 4) is 12.3 Å². The van der Waals surface area contributed by atoms with Crippen LogP contribution in [0, 0.1) is 12.3 Å². The minimum Gasteiger partial charge on any atom is -0.314 e. The molecule has 0 rings (SSSR count). The van der Waals surface area contributed by atoms with Gasteiger partial charge in [0.05, 0.1) is 0 Å². The molecule has 0 saturated heterocycles. The summed E-state index contributed by atoms with van der Waals surface area (Å²) in [6, 6.07) is 0.674. The van der Waals surface area contributed by atoms with Crippen LogP contribution in [-0.4, -0.2) is 12.6 Å². The first-order valence-electron chi connectivity index (χ1n) is 6.48. The van der Waals surface area contributed by atoms with E-state index in [1.54, 1.807) is 0 Å². The highest BCUT2D eigenvalue weighted by Gasteiger charge is 1.99. The van der Waals surface area contributed by atoms with Crippen molar-refractivity contribution >= 4 is 0 Å². The zero-order valence-electron chi connectivity index (χ0n) is 10.5. The van der Waals surface area contributed by atoms with Gasteiger partial charge in [0.2, 0.25) is 0 Å². The molecule has 88 valence electrons. The molecular weight excluding hydrogens is 182 g/mol. The monoisotopic (exact) mass is 209 g/mol. The number of nitrogens with one attached hydrogen (secondary N) is 1. The fourth-order valence-electron chi connectivity index (χ4n) is 1.68. The minimum atomic E-state index is 0.674. The standard InChI is InChI=1S/C14H27N/c1-4-6-8-10-12-14(3)15-13-11-9-7-5-2/h2,14-15H,4,6-13H2,1,3H3. The Kier molecular flexibility index (Phi) is 11.2. The molecule has 1 nitrogen and oxygen atoms in total. The molecule has 0 spiro atoms. The number of terminal acetylenes is 1. The van der Waals surface area contributed by atoms with Gasteiger partial charge in [0.25, 0.3) is 0 Å². The average Bonchev–Trinajstić information content (AvgIpc) is 2.24. The van der Waals surface area contributed by atoms with Gasteiger partial charge in [-0.15, -0.1) is 12.3 Å². The van der Waals surface area contributed by atoms with Crippen LogP contribution >= 0.6 is 0 Å². The SMILES string of the molecule is C#CCCCCNC(C)CCCCCC. The van der Waals surface area contributed by atoms with Gasteiger partial charge in [0.15, 0.2) is 0 Å². The number of unbranched alkanes of at least 4 members (excludes halogenated alkanes) is 5. The Morgan fingerprint density at radius 2 is 1.93 bits per heavy atom. The van der Waals surface area contributed by atoms with Crippen LogP contribution in [0.15, 0.2) is 0 Å². The first-order chi connectivity index (χ1) is 7.31. The van der Waals surface area contributed by atoms with E-state index in [1.807, 2.05) is 0 Å². The zero-order valence-corrected chi connectivity index (χ0v) is 10.5. The van der Waals surface area contributed by atoms with Crippen molar-refractivity contribution in [2.45, 2.75) is 71.3 Å². The highest BCUT2D eigenvalue weighted by Crippen LogP contribution is 2.05. The lowest BCUT2D eigenvalue weighted by molar-refractivity contribution is 0.475. The van der Waals surface area contributed by atoms with Crippen LogP contribution in [0.1, 0.15) is 65.2 Å². The van der Waals surface area contributed by atoms with Crippen molar-refractivity contribution in [3.05, 3.63) is 0 Å². The fraction of sp³-hybridized carbons (Fsp3) is 0.857. The van der Waals surface area contributed by atoms with E-state index in [4.69, 9.17) is 6.42 Å². The quantitative estimate of drug-likeness (QED) is 0.427. The molecule has 0 aromatic carbocycles. The molecule has 15 heavy (non-hydrogen) atoms. The molecule has 1 unspecified atom stereocenters. The van der Waals surface area contributed by atoms with Gasteiger partial charge in [0, 0.05) is 12.5 Å². The van der Waals surface area contributed by atoms with Crippen LogP contribution in [0.5, 0.6) is 0 Å². The molecule has 0 saturated carbocycles. The molecule has 0 aromatic heterocycles. The maximum atomic E-state index is 5.19. The first-order valence-corrected chi connectivity index (χ1v) is 6.48. The second kappa shape index (κ2) is 11.6. The van der Waals surface area contributed by atoms with Crippen LogP contribution < -0.4 is 5.32 Å². The highest BCUT2D eigenvalue weighted by atomic mass is 14.9. The van der Waals surface area contributed by atoms with Crippen LogP contribution in [-0.2, 0) is 0 Å². The molecular formula is C14H27N. The Hall–Kier alpha value is -0.480. The summed E-state index contributed by atoms with van der Waals surface area (Å²) >= 11 is 0. The van der Waals surface area contributed by atoms with Gasteiger partial charge >= 0.3 is 0 Å². The summed E-state index contributed by atoms with van der Waals surface area (Å²) in [5.41, 5.74) is 0. The highest BCUT2D eigenvalue weighted by molar-refractivity contribution is 4.82. The van der Waals surface area contributed by atoms with E-state index in [0.29, 0.717) is 6.04 Å². The lowest BCUT2D eigenvalue weighted by atomic mass is 10.1. The molecule has 0 aliphatic carbocycles. The number of hydrogen-bond donors (Lipinski definition) is 1. The molecule has 0 fully saturated rings. The molecule has 0 radical (unpaired) electrons. The van der Waals surface area contributed by atoms with E-state index in [1.165, 1.54) is 38.5 Å². The smallest absolute Gasteiger partial charge is 0.00865 e. The lowest BCUT2D eigenvalue weighted by Crippen LogP contribution is -2.26. The van der Waals surface area contributed by atoms with E-state index in [-0.39, 0.29) is 0 Å². The summed E-state index contributed by atoms with van der Waals surface area (Å²) in [5, 5.41) is 3.55. The predicted molar refractivity (Wildman–Crippen MR) is 68.9 cm³/mol. The van der Waals surface area contributed by atoms with Crippen LogP contribution in [0.4, 0.5) is 0 Å². The molecule has 0 aliphatic heterocycles. The van der Waals surface area contributed by atoms with Gasteiger partial charge in [-0.2, -0.15) is 0 Å². The van der Waals surface area contributed by atoms with Crippen LogP contribution in [0.3, 0.4) is 0 Å². The van der Waals surface area contributed by atoms with E-state index >= 15 is 0 Å². The van der Waals surface area contributed by atoms with Crippen molar-refractivity contribution in [2.24, 2.45) is 0 Å². The normalized spacial score (nSPS) is 12.3. The maximum Gasteiger partial charge on any atom is 0.00865 e. The summed E-state index contributed by atoms with van der Waals surface area (Å²) in [6.07, 6.45) is 15.3. The molecule has 0 bridgehead atoms. The summed E-state index contributed by atoms with van der Waals surface area (Å²) < 4.78 is 0. The second-order valence-corrected chi connectivity index (χ2v) is 4.37. The average molecular weight is 209 g/mol. The molecule has 0 heterocycles. The minimum absolute atomic E-state index is 0.674. The van der Waals surface area contributed by atoms with Crippen molar-refractivity contribution < 1.29 is 0 Å². The summed E-state index contributed by atoms with van der Waals surface area (Å²) in [4.78, 5) is 0. The third-order valence-corrected chi connectivity index (χ3v) is 2.73. The topological polar surface area (TPSA) is 12.0 Å². The molecule has 0 aromatic rings. The van der Waals surface area contributed by atoms with Crippen molar-refractivity contribution in [3.63, 3.8) is 0 Å². The summed E-state index contributed by atoms with van der Waals surface area (Å²) in [6.45, 7) is 5.66. The van der Waals surface area contributed by atoms with Crippen molar-refractivity contribution in [1.82, 2.24) is 5.32 Å². The van der Waals surface area contributed by atoms with E-state index < -0.39 is 0 Å². The van der Waals surface area contributed by atoms with Gasteiger partial charge in [0.1, 0.15) is 0 Å².